The topological polar surface area (TPSA) is 94.4 Å². The first-order chi connectivity index (χ1) is 17.5. The van der Waals surface area contributed by atoms with Crippen LogP contribution in [-0.4, -0.2) is 55.4 Å². The molecule has 0 aliphatic rings. The lowest BCUT2D eigenvalue weighted by molar-refractivity contribution is -0.0594. The van der Waals surface area contributed by atoms with Crippen LogP contribution in [0.5, 0.6) is 0 Å². The molecule has 0 aliphatic carbocycles. The third-order valence-electron chi connectivity index (χ3n) is 5.60. The van der Waals surface area contributed by atoms with E-state index in [0.717, 1.165) is 27.8 Å². The number of oxime groups is 1. The fourth-order valence-electron chi connectivity index (χ4n) is 3.72. The average Bonchev–Trinajstić information content (AvgIpc) is 2.92. The van der Waals surface area contributed by atoms with Gasteiger partial charge in [-0.1, -0.05) is 65.8 Å². The SMILES string of the molecule is CON=CC(F)C(OC(=O)c1ccc2ccccc2c1)C(O)COC(=O)c1ccc2ccccc2c1. The summed E-state index contributed by atoms with van der Waals surface area (Å²) in [5.41, 5.74) is 0.443. The number of benzene rings is 4. The number of nitrogens with zero attached hydrogens (tertiary/aromatic N) is 1. The number of carbonyl (C=O) groups is 2. The monoisotopic (exact) mass is 489 g/mol. The number of alkyl halides is 1. The quantitative estimate of drug-likeness (QED) is 0.208. The minimum atomic E-state index is -2.02. The van der Waals surface area contributed by atoms with E-state index in [1.54, 1.807) is 36.4 Å². The highest BCUT2D eigenvalue weighted by Crippen LogP contribution is 2.20. The maximum absolute atomic E-state index is 14.8. The lowest BCUT2D eigenvalue weighted by Crippen LogP contribution is -2.43. The van der Waals surface area contributed by atoms with Crippen molar-refractivity contribution in [1.82, 2.24) is 0 Å². The maximum Gasteiger partial charge on any atom is 0.338 e. The van der Waals surface area contributed by atoms with Gasteiger partial charge in [-0.15, -0.1) is 0 Å². The van der Waals surface area contributed by atoms with E-state index in [1.807, 2.05) is 48.5 Å². The Morgan fingerprint density at radius 1 is 0.861 bits per heavy atom. The molecule has 0 amide bonds. The van der Waals surface area contributed by atoms with Gasteiger partial charge >= 0.3 is 11.9 Å². The highest BCUT2D eigenvalue weighted by molar-refractivity contribution is 5.96. The molecule has 8 heteroatoms. The van der Waals surface area contributed by atoms with Gasteiger partial charge in [-0.2, -0.15) is 0 Å². The molecule has 0 spiro atoms. The van der Waals surface area contributed by atoms with Gasteiger partial charge in [0.2, 0.25) is 0 Å². The fourth-order valence-corrected chi connectivity index (χ4v) is 3.72. The Kier molecular flexibility index (Phi) is 7.87. The molecule has 36 heavy (non-hydrogen) atoms. The minimum Gasteiger partial charge on any atom is -0.459 e. The van der Waals surface area contributed by atoms with E-state index in [9.17, 15) is 19.1 Å². The van der Waals surface area contributed by atoms with Gasteiger partial charge in [-0.3, -0.25) is 0 Å². The second-order valence-electron chi connectivity index (χ2n) is 8.04. The number of halogens is 1. The van der Waals surface area contributed by atoms with Crippen LogP contribution < -0.4 is 0 Å². The van der Waals surface area contributed by atoms with Crippen molar-refractivity contribution in [2.24, 2.45) is 5.16 Å². The van der Waals surface area contributed by atoms with E-state index in [2.05, 4.69) is 9.99 Å². The molecule has 4 aromatic rings. The standard InChI is InChI=1S/C28H24FNO6/c1-34-30-16-24(29)26(36-28(33)23-13-11-19-7-3-5-9-21(19)15-23)25(31)17-35-27(32)22-12-10-18-6-2-4-8-20(18)14-22/h2-16,24-26,31H,17H2,1H3. The molecule has 0 saturated heterocycles. The zero-order chi connectivity index (χ0) is 25.5. The summed E-state index contributed by atoms with van der Waals surface area (Å²) < 4.78 is 25.3. The molecule has 0 bridgehead atoms. The van der Waals surface area contributed by atoms with Crippen LogP contribution >= 0.6 is 0 Å². The Bertz CT molecular complexity index is 1410. The molecule has 0 saturated carbocycles. The fraction of sp³-hybridized carbons (Fsp3) is 0.179. The number of rotatable bonds is 9. The van der Waals surface area contributed by atoms with E-state index in [1.165, 1.54) is 7.11 Å². The summed E-state index contributed by atoms with van der Waals surface area (Å²) >= 11 is 0. The van der Waals surface area contributed by atoms with Gasteiger partial charge < -0.3 is 19.4 Å². The molecule has 1 N–H and O–H groups in total. The van der Waals surface area contributed by atoms with Crippen molar-refractivity contribution in [2.45, 2.75) is 18.4 Å². The third kappa shape index (κ3) is 5.84. The summed E-state index contributed by atoms with van der Waals surface area (Å²) in [6, 6.07) is 24.8. The van der Waals surface area contributed by atoms with Gasteiger partial charge in [-0.25, -0.2) is 14.0 Å². The van der Waals surface area contributed by atoms with Crippen LogP contribution in [-0.2, 0) is 14.3 Å². The van der Waals surface area contributed by atoms with Gasteiger partial charge in [0, 0.05) is 0 Å². The van der Waals surface area contributed by atoms with E-state index in [-0.39, 0.29) is 11.1 Å². The normalized spacial score (nSPS) is 13.9. The third-order valence-corrected chi connectivity index (χ3v) is 5.60. The summed E-state index contributed by atoms with van der Waals surface area (Å²) in [5, 5.41) is 17.5. The summed E-state index contributed by atoms with van der Waals surface area (Å²) in [6.45, 7) is -0.609. The maximum atomic E-state index is 14.8. The molecule has 3 atom stereocenters. The Morgan fingerprint density at radius 3 is 1.94 bits per heavy atom. The molecule has 4 aromatic carbocycles. The molecule has 0 aromatic heterocycles. The largest absolute Gasteiger partial charge is 0.459 e. The number of aliphatic hydroxyl groups is 1. The molecule has 184 valence electrons. The molecular weight excluding hydrogens is 465 g/mol. The zero-order valence-electron chi connectivity index (χ0n) is 19.4. The first kappa shape index (κ1) is 24.8. The molecule has 0 aliphatic heterocycles. The average molecular weight is 489 g/mol. The van der Waals surface area contributed by atoms with Crippen LogP contribution in [0, 0.1) is 0 Å². The van der Waals surface area contributed by atoms with Crippen LogP contribution in [0.1, 0.15) is 20.7 Å². The Balaban J connectivity index is 1.47. The smallest absolute Gasteiger partial charge is 0.338 e. The molecular formula is C28H24FNO6. The molecule has 4 rings (SSSR count). The number of ether oxygens (including phenoxy) is 2. The van der Waals surface area contributed by atoms with Crippen molar-refractivity contribution in [3.05, 3.63) is 96.1 Å². The molecule has 0 fully saturated rings. The lowest BCUT2D eigenvalue weighted by atomic mass is 10.1. The molecule has 7 nitrogen and oxygen atoms in total. The van der Waals surface area contributed by atoms with Crippen molar-refractivity contribution >= 4 is 39.7 Å². The van der Waals surface area contributed by atoms with Crippen LogP contribution in [0.15, 0.2) is 90.1 Å². The highest BCUT2D eigenvalue weighted by atomic mass is 19.1. The second kappa shape index (κ2) is 11.4. The Morgan fingerprint density at radius 2 is 1.39 bits per heavy atom. The summed E-state index contributed by atoms with van der Waals surface area (Å²) in [4.78, 5) is 29.8. The highest BCUT2D eigenvalue weighted by Gasteiger charge is 2.33. The number of esters is 2. The zero-order valence-corrected chi connectivity index (χ0v) is 19.4. The number of hydrogen-bond acceptors (Lipinski definition) is 7. The first-order valence-electron chi connectivity index (χ1n) is 11.2. The number of carbonyl (C=O) groups excluding carboxylic acids is 2. The molecule has 0 heterocycles. The number of hydrogen-bond donors (Lipinski definition) is 1. The number of fused-ring (bicyclic) bond motifs is 2. The Hall–Kier alpha value is -4.30. The van der Waals surface area contributed by atoms with E-state index >= 15 is 0 Å². The van der Waals surface area contributed by atoms with Gasteiger partial charge in [0.1, 0.15) is 19.8 Å². The van der Waals surface area contributed by atoms with Crippen LogP contribution in [0.25, 0.3) is 21.5 Å². The lowest BCUT2D eigenvalue weighted by Gasteiger charge is -2.24. The van der Waals surface area contributed by atoms with Gasteiger partial charge in [-0.05, 0) is 45.8 Å². The summed E-state index contributed by atoms with van der Waals surface area (Å²) in [6.07, 6.45) is -4.64. The summed E-state index contributed by atoms with van der Waals surface area (Å²) in [5.74, 6) is -1.56. The van der Waals surface area contributed by atoms with Crippen molar-refractivity contribution in [3.63, 3.8) is 0 Å². The van der Waals surface area contributed by atoms with E-state index in [4.69, 9.17) is 9.47 Å². The van der Waals surface area contributed by atoms with Gasteiger partial charge in [0.15, 0.2) is 12.3 Å². The first-order valence-corrected chi connectivity index (χ1v) is 11.2. The van der Waals surface area contributed by atoms with Crippen molar-refractivity contribution in [1.29, 1.82) is 0 Å². The van der Waals surface area contributed by atoms with E-state index < -0.39 is 36.9 Å². The second-order valence-corrected chi connectivity index (χ2v) is 8.04. The predicted octanol–water partition coefficient (Wildman–Crippen LogP) is 4.71. The Labute approximate surface area is 206 Å². The van der Waals surface area contributed by atoms with Crippen LogP contribution in [0.2, 0.25) is 0 Å². The minimum absolute atomic E-state index is 0.176. The molecule has 0 radical (unpaired) electrons. The van der Waals surface area contributed by atoms with Gasteiger partial charge in [0.25, 0.3) is 0 Å². The van der Waals surface area contributed by atoms with Crippen LogP contribution in [0.3, 0.4) is 0 Å². The molecule has 3 unspecified atom stereocenters. The van der Waals surface area contributed by atoms with Crippen molar-refractivity contribution in [3.8, 4) is 0 Å². The predicted molar refractivity (Wildman–Crippen MR) is 134 cm³/mol. The van der Waals surface area contributed by atoms with Crippen LogP contribution in [0.4, 0.5) is 4.39 Å². The van der Waals surface area contributed by atoms with Crippen molar-refractivity contribution < 1.29 is 33.4 Å². The number of aliphatic hydroxyl groups excluding tert-OH is 1. The van der Waals surface area contributed by atoms with Gasteiger partial charge in [0.05, 0.1) is 17.3 Å². The van der Waals surface area contributed by atoms with E-state index in [0.29, 0.717) is 0 Å². The van der Waals surface area contributed by atoms with Crippen molar-refractivity contribution in [2.75, 3.05) is 13.7 Å². The summed E-state index contributed by atoms with van der Waals surface area (Å²) in [7, 11) is 1.22.